The van der Waals surface area contributed by atoms with E-state index in [0.717, 1.165) is 0 Å². The Hall–Kier alpha value is -3.03. The average Bonchev–Trinajstić information content (AvgIpc) is 2.96. The van der Waals surface area contributed by atoms with Crippen LogP contribution in [0.5, 0.6) is 5.75 Å². The lowest BCUT2D eigenvalue weighted by Gasteiger charge is -2.07. The molecule has 1 heterocycles. The highest BCUT2D eigenvalue weighted by Crippen LogP contribution is 2.19. The smallest absolute Gasteiger partial charge is 0.387 e. The third kappa shape index (κ3) is 3.00. The Labute approximate surface area is 123 Å². The number of aromatic amines is 1. The van der Waals surface area contributed by atoms with Gasteiger partial charge in [0.05, 0.1) is 0 Å². The van der Waals surface area contributed by atoms with Crippen molar-refractivity contribution in [2.45, 2.75) is 6.61 Å². The molecule has 0 radical (unpaired) electrons. The maximum Gasteiger partial charge on any atom is 0.387 e. The van der Waals surface area contributed by atoms with Crippen LogP contribution in [0.2, 0.25) is 0 Å². The van der Waals surface area contributed by atoms with Crippen molar-refractivity contribution in [3.8, 4) is 5.75 Å². The van der Waals surface area contributed by atoms with Crippen LogP contribution in [0, 0.1) is 0 Å². The van der Waals surface area contributed by atoms with E-state index in [4.69, 9.17) is 0 Å². The molecule has 8 heteroatoms. The second-order valence-electron chi connectivity index (χ2n) is 4.38. The van der Waals surface area contributed by atoms with Gasteiger partial charge in [-0.1, -0.05) is 0 Å². The number of carbonyl (C=O) groups is 1. The van der Waals surface area contributed by atoms with Crippen molar-refractivity contribution in [3.63, 3.8) is 0 Å². The van der Waals surface area contributed by atoms with E-state index < -0.39 is 6.61 Å². The van der Waals surface area contributed by atoms with E-state index in [1.54, 1.807) is 18.2 Å². The van der Waals surface area contributed by atoms with Crippen molar-refractivity contribution in [2.24, 2.45) is 0 Å². The molecule has 0 fully saturated rings. The minimum Gasteiger partial charge on any atom is -0.435 e. The van der Waals surface area contributed by atoms with E-state index in [0.29, 0.717) is 22.3 Å². The molecule has 0 unspecified atom stereocenters. The molecule has 22 heavy (non-hydrogen) atoms. The number of benzene rings is 2. The van der Waals surface area contributed by atoms with Crippen molar-refractivity contribution < 1.29 is 18.3 Å². The maximum absolute atomic E-state index is 12.1. The molecule has 0 atom stereocenters. The van der Waals surface area contributed by atoms with Crippen LogP contribution in [-0.4, -0.2) is 27.9 Å². The van der Waals surface area contributed by atoms with Crippen molar-refractivity contribution in [3.05, 3.63) is 48.0 Å². The monoisotopic (exact) mass is 304 g/mol. The molecule has 0 bridgehead atoms. The Morgan fingerprint density at radius 1 is 1.09 bits per heavy atom. The molecule has 3 aromatic rings. The summed E-state index contributed by atoms with van der Waals surface area (Å²) in [6.07, 6.45) is 0. The summed E-state index contributed by atoms with van der Waals surface area (Å²) in [4.78, 5) is 12.1. The summed E-state index contributed by atoms with van der Waals surface area (Å²) < 4.78 is 28.3. The first kappa shape index (κ1) is 13.9. The highest BCUT2D eigenvalue weighted by atomic mass is 19.3. The third-order valence-corrected chi connectivity index (χ3v) is 2.92. The summed E-state index contributed by atoms with van der Waals surface area (Å²) in [5.41, 5.74) is 2.11. The normalized spacial score (nSPS) is 10.9. The Morgan fingerprint density at radius 2 is 1.82 bits per heavy atom. The first-order chi connectivity index (χ1) is 10.6. The molecule has 0 aliphatic rings. The standard InChI is InChI=1S/C14H10F2N4O2/c15-14(16)22-10-4-2-9(3-5-10)17-13(21)8-1-6-11-12(7-8)19-20-18-11/h1-7,14H,(H,17,21)(H,18,19,20). The van der Waals surface area contributed by atoms with Crippen LogP contribution < -0.4 is 10.1 Å². The number of alkyl halides is 2. The van der Waals surface area contributed by atoms with Gasteiger partial charge in [0.15, 0.2) is 0 Å². The van der Waals surface area contributed by atoms with Crippen LogP contribution in [0.25, 0.3) is 11.0 Å². The quantitative estimate of drug-likeness (QED) is 0.776. The molecule has 1 aromatic heterocycles. The zero-order valence-corrected chi connectivity index (χ0v) is 11.1. The predicted molar refractivity (Wildman–Crippen MR) is 74.9 cm³/mol. The maximum atomic E-state index is 12.1. The zero-order chi connectivity index (χ0) is 15.5. The number of carbonyl (C=O) groups excluding carboxylic acids is 1. The summed E-state index contributed by atoms with van der Waals surface area (Å²) in [6, 6.07) is 10.5. The molecule has 3 rings (SSSR count). The molecule has 0 aliphatic heterocycles. The molecular weight excluding hydrogens is 294 g/mol. The number of anilines is 1. The number of aromatic nitrogens is 3. The number of halogens is 2. The molecule has 112 valence electrons. The first-order valence-electron chi connectivity index (χ1n) is 6.28. The lowest BCUT2D eigenvalue weighted by Crippen LogP contribution is -2.11. The molecule has 2 aromatic carbocycles. The van der Waals surface area contributed by atoms with Gasteiger partial charge in [-0.2, -0.15) is 24.2 Å². The van der Waals surface area contributed by atoms with Gasteiger partial charge in [0.2, 0.25) is 0 Å². The van der Waals surface area contributed by atoms with Crippen LogP contribution in [0.15, 0.2) is 42.5 Å². The molecule has 6 nitrogen and oxygen atoms in total. The van der Waals surface area contributed by atoms with Gasteiger partial charge in [-0.15, -0.1) is 0 Å². The van der Waals surface area contributed by atoms with E-state index in [-0.39, 0.29) is 11.7 Å². The largest absolute Gasteiger partial charge is 0.435 e. The van der Waals surface area contributed by atoms with E-state index in [1.807, 2.05) is 0 Å². The van der Waals surface area contributed by atoms with Crippen LogP contribution in [0.4, 0.5) is 14.5 Å². The van der Waals surface area contributed by atoms with Gasteiger partial charge in [-0.05, 0) is 42.5 Å². The Bertz CT molecular complexity index is 802. The molecule has 0 saturated heterocycles. The van der Waals surface area contributed by atoms with Crippen molar-refractivity contribution in [2.75, 3.05) is 5.32 Å². The fourth-order valence-corrected chi connectivity index (χ4v) is 1.90. The molecular formula is C14H10F2N4O2. The van der Waals surface area contributed by atoms with Gasteiger partial charge in [-0.3, -0.25) is 4.79 Å². The summed E-state index contributed by atoms with van der Waals surface area (Å²) in [5, 5.41) is 12.9. The summed E-state index contributed by atoms with van der Waals surface area (Å²) >= 11 is 0. The van der Waals surface area contributed by atoms with Crippen LogP contribution in [0.3, 0.4) is 0 Å². The van der Waals surface area contributed by atoms with Crippen LogP contribution >= 0.6 is 0 Å². The zero-order valence-electron chi connectivity index (χ0n) is 11.1. The fraction of sp³-hybridized carbons (Fsp3) is 0.0714. The molecule has 0 aliphatic carbocycles. The SMILES string of the molecule is O=C(Nc1ccc(OC(F)F)cc1)c1ccc2n[nH]nc2c1. The van der Waals surface area contributed by atoms with Crippen LogP contribution in [-0.2, 0) is 0 Å². The van der Waals surface area contributed by atoms with Gasteiger partial charge < -0.3 is 10.1 Å². The summed E-state index contributed by atoms with van der Waals surface area (Å²) in [6.45, 7) is -2.88. The second-order valence-corrected chi connectivity index (χ2v) is 4.38. The van der Waals surface area contributed by atoms with Crippen molar-refractivity contribution >= 4 is 22.6 Å². The van der Waals surface area contributed by atoms with Gasteiger partial charge in [-0.25, -0.2) is 0 Å². The molecule has 2 N–H and O–H groups in total. The number of nitrogens with one attached hydrogen (secondary N) is 2. The lowest BCUT2D eigenvalue weighted by molar-refractivity contribution is -0.0498. The Kier molecular flexibility index (Phi) is 3.65. The van der Waals surface area contributed by atoms with Gasteiger partial charge in [0.1, 0.15) is 16.8 Å². The van der Waals surface area contributed by atoms with E-state index in [1.165, 1.54) is 24.3 Å². The predicted octanol–water partition coefficient (Wildman–Crippen LogP) is 2.81. The number of ether oxygens (including phenoxy) is 1. The lowest BCUT2D eigenvalue weighted by atomic mass is 10.2. The van der Waals surface area contributed by atoms with Crippen molar-refractivity contribution in [1.82, 2.24) is 15.4 Å². The third-order valence-electron chi connectivity index (χ3n) is 2.92. The minimum atomic E-state index is -2.88. The van der Waals surface area contributed by atoms with Crippen molar-refractivity contribution in [1.29, 1.82) is 0 Å². The first-order valence-corrected chi connectivity index (χ1v) is 6.28. The van der Waals surface area contributed by atoms with E-state index >= 15 is 0 Å². The minimum absolute atomic E-state index is 0.0250. The second kappa shape index (κ2) is 5.76. The number of H-pyrrole nitrogens is 1. The molecule has 0 saturated carbocycles. The average molecular weight is 304 g/mol. The summed E-state index contributed by atoms with van der Waals surface area (Å²) in [5.74, 6) is -0.315. The number of rotatable bonds is 4. The van der Waals surface area contributed by atoms with Gasteiger partial charge in [0, 0.05) is 11.3 Å². The van der Waals surface area contributed by atoms with E-state index in [2.05, 4.69) is 25.5 Å². The highest BCUT2D eigenvalue weighted by molar-refractivity contribution is 6.05. The topological polar surface area (TPSA) is 79.9 Å². The van der Waals surface area contributed by atoms with Gasteiger partial charge in [0.25, 0.3) is 5.91 Å². The number of hydrogen-bond donors (Lipinski definition) is 2. The number of fused-ring (bicyclic) bond motifs is 1. The Balaban J connectivity index is 1.73. The van der Waals surface area contributed by atoms with E-state index in [9.17, 15) is 13.6 Å². The number of hydrogen-bond acceptors (Lipinski definition) is 4. The number of amides is 1. The Morgan fingerprint density at radius 3 is 2.55 bits per heavy atom. The highest BCUT2D eigenvalue weighted by Gasteiger charge is 2.09. The van der Waals surface area contributed by atoms with Gasteiger partial charge >= 0.3 is 6.61 Å². The molecule has 0 spiro atoms. The summed E-state index contributed by atoms with van der Waals surface area (Å²) in [7, 11) is 0. The van der Waals surface area contributed by atoms with Crippen LogP contribution in [0.1, 0.15) is 10.4 Å². The number of nitrogens with zero attached hydrogens (tertiary/aromatic N) is 2. The fourth-order valence-electron chi connectivity index (χ4n) is 1.90. The molecule has 1 amide bonds.